The van der Waals surface area contributed by atoms with E-state index in [0.29, 0.717) is 12.8 Å². The number of nitrogens with one attached hydrogen (secondary N) is 2. The molecule has 1 aromatic rings. The van der Waals surface area contributed by atoms with Gasteiger partial charge in [-0.3, -0.25) is 14.4 Å². The zero-order valence-electron chi connectivity index (χ0n) is 21.2. The smallest absolute Gasteiger partial charge is 0.410 e. The highest BCUT2D eigenvalue weighted by Crippen LogP contribution is 2.36. The maximum atomic E-state index is 13.6. The molecular formula is C25H36N4O7. The summed E-state index contributed by atoms with van der Waals surface area (Å²) in [5, 5.41) is 14.4. The number of benzene rings is 1. The number of primary amides is 1. The van der Waals surface area contributed by atoms with E-state index in [1.165, 1.54) is 6.92 Å². The van der Waals surface area contributed by atoms with Crippen LogP contribution in [-0.4, -0.2) is 70.6 Å². The molecule has 0 saturated carbocycles. The van der Waals surface area contributed by atoms with Crippen LogP contribution in [0.25, 0.3) is 0 Å². The number of carboxylic acid groups (broad SMARTS) is 1. The van der Waals surface area contributed by atoms with Gasteiger partial charge in [-0.15, -0.1) is 0 Å². The number of carboxylic acids is 1. The highest BCUT2D eigenvalue weighted by Gasteiger charge is 2.45. The SMILES string of the molecule is C[C@H](NC(=O)C1(c2ccccc2)CCN(C(=O)OC(C)(C)C)CC1)C(=O)N[C@@H](CCC(N)=O)C(=O)O. The topological polar surface area (TPSA) is 168 Å². The van der Waals surface area contributed by atoms with Crippen molar-refractivity contribution in [3.8, 4) is 0 Å². The highest BCUT2D eigenvalue weighted by atomic mass is 16.6. The number of rotatable bonds is 9. The van der Waals surface area contributed by atoms with Gasteiger partial charge >= 0.3 is 12.1 Å². The molecule has 1 aromatic carbocycles. The van der Waals surface area contributed by atoms with Crippen LogP contribution in [0.2, 0.25) is 0 Å². The molecule has 198 valence electrons. The molecule has 36 heavy (non-hydrogen) atoms. The van der Waals surface area contributed by atoms with Gasteiger partial charge in [0.2, 0.25) is 17.7 Å². The number of likely N-dealkylation sites (tertiary alicyclic amines) is 1. The molecule has 0 spiro atoms. The zero-order chi connectivity index (χ0) is 27.1. The minimum Gasteiger partial charge on any atom is -0.480 e. The second kappa shape index (κ2) is 11.9. The van der Waals surface area contributed by atoms with Gasteiger partial charge < -0.3 is 31.1 Å². The Morgan fingerprint density at radius 3 is 2.17 bits per heavy atom. The Morgan fingerprint density at radius 2 is 1.67 bits per heavy atom. The van der Waals surface area contributed by atoms with Crippen LogP contribution >= 0.6 is 0 Å². The summed E-state index contributed by atoms with van der Waals surface area (Å²) in [6, 6.07) is 6.77. The Morgan fingerprint density at radius 1 is 1.08 bits per heavy atom. The van der Waals surface area contributed by atoms with Gasteiger partial charge in [-0.25, -0.2) is 9.59 Å². The van der Waals surface area contributed by atoms with Crippen molar-refractivity contribution in [2.75, 3.05) is 13.1 Å². The van der Waals surface area contributed by atoms with E-state index in [-0.39, 0.29) is 25.9 Å². The third-order valence-corrected chi connectivity index (χ3v) is 6.06. The number of amides is 4. The molecule has 1 saturated heterocycles. The number of carbonyl (C=O) groups is 5. The normalized spacial score (nSPS) is 16.8. The molecule has 0 aliphatic carbocycles. The van der Waals surface area contributed by atoms with Crippen LogP contribution in [0.4, 0.5) is 4.79 Å². The molecule has 1 heterocycles. The monoisotopic (exact) mass is 504 g/mol. The van der Waals surface area contributed by atoms with Crippen molar-refractivity contribution in [1.82, 2.24) is 15.5 Å². The largest absolute Gasteiger partial charge is 0.480 e. The van der Waals surface area contributed by atoms with Crippen molar-refractivity contribution < 1.29 is 33.8 Å². The fraction of sp³-hybridized carbons (Fsp3) is 0.560. The van der Waals surface area contributed by atoms with Crippen LogP contribution in [0.5, 0.6) is 0 Å². The molecule has 2 rings (SSSR count). The molecule has 4 amide bonds. The van der Waals surface area contributed by atoms with E-state index in [9.17, 15) is 29.1 Å². The molecule has 0 radical (unpaired) electrons. The number of carbonyl (C=O) groups excluding carboxylic acids is 4. The summed E-state index contributed by atoms with van der Waals surface area (Å²) in [4.78, 5) is 62.8. The first kappa shape index (κ1) is 28.6. The number of hydrogen-bond acceptors (Lipinski definition) is 6. The van der Waals surface area contributed by atoms with Crippen LogP contribution < -0.4 is 16.4 Å². The van der Waals surface area contributed by atoms with Crippen molar-refractivity contribution in [2.45, 2.75) is 76.5 Å². The van der Waals surface area contributed by atoms with Crippen LogP contribution in [-0.2, 0) is 29.3 Å². The van der Waals surface area contributed by atoms with Gasteiger partial charge in [0.25, 0.3) is 0 Å². The third kappa shape index (κ3) is 7.69. The lowest BCUT2D eigenvalue weighted by atomic mass is 9.72. The van der Waals surface area contributed by atoms with Crippen molar-refractivity contribution in [1.29, 1.82) is 0 Å². The lowest BCUT2D eigenvalue weighted by Crippen LogP contribution is -2.57. The highest BCUT2D eigenvalue weighted by molar-refractivity contribution is 5.94. The standard InChI is InChI=1S/C25H36N4O7/c1-16(20(31)28-18(21(32)33)10-11-19(26)30)27-22(34)25(17-8-6-5-7-9-17)12-14-29(15-13-25)23(35)36-24(2,3)4/h5-9,16,18H,10-15H2,1-4H3,(H2,26,30)(H,27,34)(H,28,31)(H,32,33)/t16-,18-/m0/s1. The van der Waals surface area contributed by atoms with E-state index in [1.54, 1.807) is 25.7 Å². The number of hydrogen-bond donors (Lipinski definition) is 4. The molecule has 1 aliphatic heterocycles. The molecule has 1 aliphatic rings. The summed E-state index contributed by atoms with van der Waals surface area (Å²) in [6.07, 6.45) is -0.193. The quantitative estimate of drug-likeness (QED) is 0.393. The molecule has 0 bridgehead atoms. The molecule has 0 aromatic heterocycles. The second-order valence-corrected chi connectivity index (χ2v) is 10.0. The lowest BCUT2D eigenvalue weighted by Gasteiger charge is -2.41. The Hall–Kier alpha value is -3.63. The molecule has 11 nitrogen and oxygen atoms in total. The van der Waals surface area contributed by atoms with E-state index >= 15 is 0 Å². The Bertz CT molecular complexity index is 966. The number of aliphatic carboxylic acids is 1. The fourth-order valence-corrected chi connectivity index (χ4v) is 4.04. The first-order valence-corrected chi connectivity index (χ1v) is 11.9. The van der Waals surface area contributed by atoms with Crippen molar-refractivity contribution in [2.24, 2.45) is 5.73 Å². The van der Waals surface area contributed by atoms with Gasteiger partial charge in [-0.05, 0) is 52.5 Å². The van der Waals surface area contributed by atoms with E-state index in [1.807, 2.05) is 30.3 Å². The number of nitrogens with two attached hydrogens (primary N) is 1. The van der Waals surface area contributed by atoms with Gasteiger partial charge in [0.05, 0.1) is 5.41 Å². The Balaban J connectivity index is 2.14. The van der Waals surface area contributed by atoms with Crippen LogP contribution in [0.3, 0.4) is 0 Å². The van der Waals surface area contributed by atoms with Crippen LogP contribution in [0.15, 0.2) is 30.3 Å². The van der Waals surface area contributed by atoms with Crippen molar-refractivity contribution in [3.05, 3.63) is 35.9 Å². The Labute approximate surface area is 210 Å². The maximum Gasteiger partial charge on any atom is 0.410 e. The minimum atomic E-state index is -1.32. The first-order valence-electron chi connectivity index (χ1n) is 11.9. The Kier molecular flexibility index (Phi) is 9.43. The molecule has 11 heteroatoms. The third-order valence-electron chi connectivity index (χ3n) is 6.06. The predicted molar refractivity (Wildman–Crippen MR) is 131 cm³/mol. The summed E-state index contributed by atoms with van der Waals surface area (Å²) in [5.74, 6) is -3.09. The van der Waals surface area contributed by atoms with E-state index in [0.717, 1.165) is 5.56 Å². The average molecular weight is 505 g/mol. The van der Waals surface area contributed by atoms with Gasteiger partial charge in [-0.1, -0.05) is 30.3 Å². The molecule has 5 N–H and O–H groups in total. The summed E-state index contributed by atoms with van der Waals surface area (Å²) in [6.45, 7) is 7.37. The second-order valence-electron chi connectivity index (χ2n) is 10.0. The fourth-order valence-electron chi connectivity index (χ4n) is 4.04. The van der Waals surface area contributed by atoms with Gasteiger partial charge in [0.1, 0.15) is 17.7 Å². The van der Waals surface area contributed by atoms with Crippen molar-refractivity contribution >= 4 is 29.8 Å². The number of piperidine rings is 1. The van der Waals surface area contributed by atoms with E-state index in [2.05, 4.69) is 10.6 Å². The maximum absolute atomic E-state index is 13.6. The van der Waals surface area contributed by atoms with Crippen molar-refractivity contribution in [3.63, 3.8) is 0 Å². The number of nitrogens with zero attached hydrogens (tertiary/aromatic N) is 1. The minimum absolute atomic E-state index is 0.161. The van der Waals surface area contributed by atoms with E-state index in [4.69, 9.17) is 10.5 Å². The van der Waals surface area contributed by atoms with Crippen LogP contribution in [0.1, 0.15) is 58.9 Å². The van der Waals surface area contributed by atoms with Gasteiger partial charge in [0.15, 0.2) is 0 Å². The summed E-state index contributed by atoms with van der Waals surface area (Å²) >= 11 is 0. The van der Waals surface area contributed by atoms with Gasteiger partial charge in [-0.2, -0.15) is 0 Å². The van der Waals surface area contributed by atoms with Gasteiger partial charge in [0, 0.05) is 19.5 Å². The summed E-state index contributed by atoms with van der Waals surface area (Å²) in [7, 11) is 0. The summed E-state index contributed by atoms with van der Waals surface area (Å²) in [5.41, 5.74) is 4.19. The molecule has 1 fully saturated rings. The average Bonchev–Trinajstić information content (AvgIpc) is 2.80. The predicted octanol–water partition coefficient (Wildman–Crippen LogP) is 1.29. The molecule has 2 atom stereocenters. The van der Waals surface area contributed by atoms with E-state index < -0.39 is 52.9 Å². The number of ether oxygens (including phenoxy) is 1. The summed E-state index contributed by atoms with van der Waals surface area (Å²) < 4.78 is 5.46. The van der Waals surface area contributed by atoms with Crippen LogP contribution in [0, 0.1) is 0 Å². The first-order chi connectivity index (χ1) is 16.7. The zero-order valence-corrected chi connectivity index (χ0v) is 21.2. The lowest BCUT2D eigenvalue weighted by molar-refractivity contribution is -0.142. The molecular weight excluding hydrogens is 468 g/mol. The molecule has 0 unspecified atom stereocenters.